The van der Waals surface area contributed by atoms with E-state index in [-0.39, 0.29) is 16.5 Å². The molecule has 25 heavy (non-hydrogen) atoms. The number of rotatable bonds is 2. The van der Waals surface area contributed by atoms with Gasteiger partial charge >= 0.3 is 0 Å². The fraction of sp³-hybridized carbons (Fsp3) is 0.364. The lowest BCUT2D eigenvalue weighted by Gasteiger charge is -2.41. The Balaban J connectivity index is 1.79. The summed E-state index contributed by atoms with van der Waals surface area (Å²) in [5.41, 5.74) is 1.79. The van der Waals surface area contributed by atoms with Crippen molar-refractivity contribution in [2.24, 2.45) is 27.5 Å². The third kappa shape index (κ3) is 1.58. The predicted octanol–water partition coefficient (Wildman–Crippen LogP) is 6.13. The highest BCUT2D eigenvalue weighted by Gasteiger charge is 2.77. The monoisotopic (exact) mass is 348 g/mol. The van der Waals surface area contributed by atoms with Gasteiger partial charge in [0.25, 0.3) is 0 Å². The van der Waals surface area contributed by atoms with Crippen LogP contribution in [0, 0.1) is 17.3 Å². The van der Waals surface area contributed by atoms with Crippen LogP contribution in [0.4, 0.5) is 0 Å². The van der Waals surface area contributed by atoms with E-state index in [9.17, 15) is 0 Å². The highest BCUT2D eigenvalue weighted by Crippen LogP contribution is 2.76. The van der Waals surface area contributed by atoms with Crippen molar-refractivity contribution in [2.45, 2.75) is 31.3 Å². The van der Waals surface area contributed by atoms with Crippen LogP contribution in [-0.4, -0.2) is 0 Å². The largest absolute Gasteiger partial charge is 0.181 e. The van der Waals surface area contributed by atoms with E-state index in [0.29, 0.717) is 11.8 Å². The molecular formula is C22H21ClN2. The summed E-state index contributed by atoms with van der Waals surface area (Å²) >= 11 is 6.16. The van der Waals surface area contributed by atoms with E-state index in [2.05, 4.69) is 68.5 Å². The van der Waals surface area contributed by atoms with Crippen molar-refractivity contribution in [2.75, 3.05) is 0 Å². The Kier molecular flexibility index (Phi) is 2.96. The fourth-order valence-electron chi connectivity index (χ4n) is 5.87. The van der Waals surface area contributed by atoms with Gasteiger partial charge in [0.05, 0.1) is 0 Å². The first kappa shape index (κ1) is 15.3. The standard InChI is InChI=1S/C22H21ClN2/c1-20(2)21(15-7-4-3-5-8-15)18-9-6-10-19(18)22(20,25-24-21)16-11-13-17(23)14-12-16/h3-9,11-14,18-19H,10H2,1-2H3/t18-,19+,21-,22+/m1/s1. The summed E-state index contributed by atoms with van der Waals surface area (Å²) in [6.45, 7) is 4.70. The van der Waals surface area contributed by atoms with Crippen LogP contribution in [0.15, 0.2) is 77.0 Å². The van der Waals surface area contributed by atoms with Gasteiger partial charge in [-0.3, -0.25) is 0 Å². The molecule has 0 saturated heterocycles. The summed E-state index contributed by atoms with van der Waals surface area (Å²) in [6, 6.07) is 19.0. The van der Waals surface area contributed by atoms with Gasteiger partial charge in [0.1, 0.15) is 11.1 Å². The second kappa shape index (κ2) is 4.82. The number of hydrogen-bond donors (Lipinski definition) is 0. The van der Waals surface area contributed by atoms with Crippen molar-refractivity contribution in [3.63, 3.8) is 0 Å². The van der Waals surface area contributed by atoms with Gasteiger partial charge in [-0.25, -0.2) is 0 Å². The maximum atomic E-state index is 6.16. The first-order valence-corrected chi connectivity index (χ1v) is 9.34. The average Bonchev–Trinajstić information content (AvgIpc) is 3.24. The van der Waals surface area contributed by atoms with Crippen LogP contribution in [0.5, 0.6) is 0 Å². The number of halogens is 1. The van der Waals surface area contributed by atoms with Gasteiger partial charge in [-0.1, -0.05) is 80.1 Å². The molecule has 2 aliphatic carbocycles. The minimum absolute atomic E-state index is 0.116. The van der Waals surface area contributed by atoms with E-state index in [4.69, 9.17) is 21.8 Å². The average molecular weight is 349 g/mol. The third-order valence-electron chi connectivity index (χ3n) is 6.96. The van der Waals surface area contributed by atoms with Crippen molar-refractivity contribution in [3.8, 4) is 0 Å². The van der Waals surface area contributed by atoms with E-state index in [0.717, 1.165) is 11.4 Å². The molecule has 0 unspecified atom stereocenters. The van der Waals surface area contributed by atoms with Gasteiger partial charge in [0.15, 0.2) is 0 Å². The van der Waals surface area contributed by atoms with Crippen LogP contribution in [0.2, 0.25) is 5.02 Å². The van der Waals surface area contributed by atoms with Gasteiger partial charge in [-0.05, 0) is 29.7 Å². The molecule has 0 spiro atoms. The van der Waals surface area contributed by atoms with E-state index < -0.39 is 0 Å². The van der Waals surface area contributed by atoms with Crippen LogP contribution in [0.25, 0.3) is 0 Å². The lowest BCUT2D eigenvalue weighted by Crippen LogP contribution is -2.44. The molecule has 3 heteroatoms. The molecule has 0 aromatic heterocycles. The Labute approximate surface area is 153 Å². The lowest BCUT2D eigenvalue weighted by molar-refractivity contribution is 0.150. The van der Waals surface area contributed by atoms with Crippen molar-refractivity contribution < 1.29 is 0 Å². The highest BCUT2D eigenvalue weighted by atomic mass is 35.5. The molecule has 3 aliphatic rings. The number of hydrogen-bond acceptors (Lipinski definition) is 2. The van der Waals surface area contributed by atoms with Gasteiger partial charge in [-0.15, -0.1) is 0 Å². The Morgan fingerprint density at radius 3 is 2.24 bits per heavy atom. The minimum atomic E-state index is -0.304. The number of fused-ring (bicyclic) bond motifs is 5. The topological polar surface area (TPSA) is 24.7 Å². The molecule has 2 bridgehead atoms. The zero-order chi connectivity index (χ0) is 17.3. The summed E-state index contributed by atoms with van der Waals surface area (Å²) in [7, 11) is 0. The molecular weight excluding hydrogens is 328 g/mol. The van der Waals surface area contributed by atoms with Crippen LogP contribution in [0.1, 0.15) is 31.4 Å². The molecule has 0 radical (unpaired) electrons. The molecule has 1 fully saturated rings. The molecule has 2 nitrogen and oxygen atoms in total. The summed E-state index contributed by atoms with van der Waals surface area (Å²) in [5, 5.41) is 10.8. The van der Waals surface area contributed by atoms with E-state index in [1.54, 1.807) is 0 Å². The molecule has 126 valence electrons. The molecule has 1 saturated carbocycles. The van der Waals surface area contributed by atoms with Crippen molar-refractivity contribution in [1.82, 2.24) is 0 Å². The van der Waals surface area contributed by atoms with Gasteiger partial charge in [0.2, 0.25) is 0 Å². The van der Waals surface area contributed by atoms with E-state index >= 15 is 0 Å². The third-order valence-corrected chi connectivity index (χ3v) is 7.21. The number of allylic oxidation sites excluding steroid dienone is 1. The van der Waals surface area contributed by atoms with Crippen LogP contribution in [-0.2, 0) is 11.1 Å². The first-order chi connectivity index (χ1) is 12.0. The molecule has 2 aromatic rings. The summed E-state index contributed by atoms with van der Waals surface area (Å²) in [4.78, 5) is 0. The Morgan fingerprint density at radius 2 is 1.52 bits per heavy atom. The smallest absolute Gasteiger partial charge is 0.121 e. The number of nitrogens with zero attached hydrogens (tertiary/aromatic N) is 2. The molecule has 4 atom stereocenters. The summed E-state index contributed by atoms with van der Waals surface area (Å²) in [6.07, 6.45) is 5.77. The van der Waals surface area contributed by atoms with Crippen molar-refractivity contribution in [1.29, 1.82) is 0 Å². The highest BCUT2D eigenvalue weighted by molar-refractivity contribution is 6.30. The molecule has 2 aromatic carbocycles. The Hall–Kier alpha value is -1.93. The fourth-order valence-corrected chi connectivity index (χ4v) is 6.00. The van der Waals surface area contributed by atoms with Gasteiger partial charge in [-0.2, -0.15) is 10.2 Å². The van der Waals surface area contributed by atoms with Crippen molar-refractivity contribution in [3.05, 3.63) is 82.9 Å². The molecule has 5 rings (SSSR count). The van der Waals surface area contributed by atoms with Crippen molar-refractivity contribution >= 4 is 11.6 Å². The second-order valence-corrected chi connectivity index (χ2v) is 8.46. The Morgan fingerprint density at radius 1 is 0.880 bits per heavy atom. The summed E-state index contributed by atoms with van der Waals surface area (Å²) in [5.74, 6) is 0.833. The van der Waals surface area contributed by atoms with Crippen LogP contribution in [0.3, 0.4) is 0 Å². The van der Waals surface area contributed by atoms with Crippen LogP contribution >= 0.6 is 11.6 Å². The number of azo groups is 1. The predicted molar refractivity (Wildman–Crippen MR) is 101 cm³/mol. The maximum absolute atomic E-state index is 6.16. The summed E-state index contributed by atoms with van der Waals surface area (Å²) < 4.78 is 0. The quantitative estimate of drug-likeness (QED) is 0.583. The van der Waals surface area contributed by atoms with E-state index in [1.807, 2.05) is 12.1 Å². The lowest BCUT2D eigenvalue weighted by atomic mass is 9.61. The zero-order valence-electron chi connectivity index (χ0n) is 14.5. The Bertz CT molecular complexity index is 884. The molecule has 0 N–H and O–H groups in total. The number of benzene rings is 2. The zero-order valence-corrected chi connectivity index (χ0v) is 15.2. The molecule has 1 aliphatic heterocycles. The normalized spacial score (nSPS) is 36.8. The first-order valence-electron chi connectivity index (χ1n) is 8.96. The molecule has 0 amide bonds. The van der Waals surface area contributed by atoms with Gasteiger partial charge < -0.3 is 0 Å². The van der Waals surface area contributed by atoms with E-state index in [1.165, 1.54) is 11.1 Å². The minimum Gasteiger partial charge on any atom is -0.181 e. The second-order valence-electron chi connectivity index (χ2n) is 8.03. The van der Waals surface area contributed by atoms with Gasteiger partial charge in [0, 0.05) is 22.3 Å². The molecule has 1 heterocycles. The maximum Gasteiger partial charge on any atom is 0.121 e. The SMILES string of the molecule is CC1(C)[C@]2(c3ccccc3)N=N[C@@]1(c1ccc(Cl)cc1)[C@H]1CC=C[C@H]12. The van der Waals surface area contributed by atoms with Crippen LogP contribution < -0.4 is 0 Å².